The molecule has 3 aromatic rings. The Bertz CT molecular complexity index is 1070. The average molecular weight is 374 g/mol. The van der Waals surface area contributed by atoms with Crippen molar-refractivity contribution in [1.82, 2.24) is 10.4 Å². The van der Waals surface area contributed by atoms with E-state index in [1.165, 1.54) is 0 Å². The Balaban J connectivity index is 1.39. The normalized spacial score (nSPS) is 17.1. The number of hydrogen-bond acceptors (Lipinski definition) is 4. The number of H-pyrrole nitrogens is 1. The molecule has 0 bridgehead atoms. The number of rotatable bonds is 5. The van der Waals surface area contributed by atoms with Gasteiger partial charge in [-0.1, -0.05) is 36.4 Å². The Morgan fingerprint density at radius 2 is 2.07 bits per heavy atom. The van der Waals surface area contributed by atoms with Gasteiger partial charge in [0.25, 0.3) is 5.91 Å². The molecule has 2 unspecified atom stereocenters. The van der Waals surface area contributed by atoms with Gasteiger partial charge in [-0.15, -0.1) is 0 Å². The van der Waals surface area contributed by atoms with E-state index in [0.29, 0.717) is 6.42 Å². The van der Waals surface area contributed by atoms with Gasteiger partial charge in [-0.2, -0.15) is 5.10 Å². The predicted molar refractivity (Wildman–Crippen MR) is 111 cm³/mol. The largest absolute Gasteiger partial charge is 0.485 e. The number of benzene rings is 2. The Kier molecular flexibility index (Phi) is 4.95. The Labute approximate surface area is 163 Å². The fourth-order valence-electron chi connectivity index (χ4n) is 3.29. The maximum absolute atomic E-state index is 12.3. The van der Waals surface area contributed by atoms with Gasteiger partial charge in [-0.25, -0.2) is 5.43 Å². The van der Waals surface area contributed by atoms with Crippen LogP contribution in [0, 0.1) is 0 Å². The Morgan fingerprint density at radius 3 is 2.96 bits per heavy atom. The molecule has 2 atom stereocenters. The Morgan fingerprint density at radius 1 is 1.29 bits per heavy atom. The van der Waals surface area contributed by atoms with Crippen LogP contribution in [0.5, 0.6) is 5.75 Å². The van der Waals surface area contributed by atoms with E-state index in [4.69, 9.17) is 10.5 Å². The van der Waals surface area contributed by atoms with Crippen LogP contribution in [0.2, 0.25) is 0 Å². The van der Waals surface area contributed by atoms with Crippen molar-refractivity contribution in [1.29, 1.82) is 0 Å². The molecule has 2 aromatic carbocycles. The standard InChI is InChI=1S/C22H22N4O2/c1-14-16(10-15-6-2-5-9-21(15)28-14)13-25-26-22(27)19(23)11-17-12-24-20-8-4-3-7-18(17)20/h2-10,12-14,19,24H,11,23H2,1H3,(H,26,27). The number of ether oxygens (including phenoxy) is 1. The van der Waals surface area contributed by atoms with Gasteiger partial charge in [0.2, 0.25) is 0 Å². The molecular formula is C22H22N4O2. The number of nitrogens with zero attached hydrogens (tertiary/aromatic N) is 1. The molecule has 4 N–H and O–H groups in total. The zero-order valence-corrected chi connectivity index (χ0v) is 15.6. The number of amides is 1. The third-order valence-electron chi connectivity index (χ3n) is 4.85. The highest BCUT2D eigenvalue weighted by Crippen LogP contribution is 2.28. The van der Waals surface area contributed by atoms with Crippen LogP contribution in [0.25, 0.3) is 17.0 Å². The zero-order valence-electron chi connectivity index (χ0n) is 15.6. The molecule has 6 heteroatoms. The lowest BCUT2D eigenvalue weighted by Gasteiger charge is -2.22. The molecule has 1 aromatic heterocycles. The molecule has 0 radical (unpaired) electrons. The Hall–Kier alpha value is -3.38. The summed E-state index contributed by atoms with van der Waals surface area (Å²) in [6.07, 6.45) is 5.79. The second-order valence-corrected chi connectivity index (χ2v) is 6.85. The highest BCUT2D eigenvalue weighted by atomic mass is 16.5. The van der Waals surface area contributed by atoms with Gasteiger partial charge in [0.15, 0.2) is 0 Å². The molecule has 4 rings (SSSR count). The van der Waals surface area contributed by atoms with E-state index in [0.717, 1.165) is 33.4 Å². The molecule has 142 valence electrons. The summed E-state index contributed by atoms with van der Waals surface area (Å²) < 4.78 is 5.86. The molecule has 6 nitrogen and oxygen atoms in total. The highest BCUT2D eigenvalue weighted by molar-refractivity contribution is 5.90. The molecule has 2 heterocycles. The lowest BCUT2D eigenvalue weighted by atomic mass is 10.0. The molecule has 0 saturated carbocycles. The van der Waals surface area contributed by atoms with Crippen LogP contribution in [0.1, 0.15) is 18.1 Å². The van der Waals surface area contributed by atoms with Crippen molar-refractivity contribution in [2.45, 2.75) is 25.5 Å². The van der Waals surface area contributed by atoms with Crippen molar-refractivity contribution in [2.75, 3.05) is 0 Å². The van der Waals surface area contributed by atoms with E-state index in [1.807, 2.05) is 67.7 Å². The van der Waals surface area contributed by atoms with E-state index in [-0.39, 0.29) is 12.0 Å². The number of hydrogen-bond donors (Lipinski definition) is 3. The van der Waals surface area contributed by atoms with Crippen molar-refractivity contribution >= 4 is 29.1 Å². The molecule has 28 heavy (non-hydrogen) atoms. The second-order valence-electron chi connectivity index (χ2n) is 6.85. The monoisotopic (exact) mass is 374 g/mol. The van der Waals surface area contributed by atoms with E-state index >= 15 is 0 Å². The van der Waals surface area contributed by atoms with Crippen LogP contribution < -0.4 is 15.9 Å². The van der Waals surface area contributed by atoms with E-state index < -0.39 is 6.04 Å². The topological polar surface area (TPSA) is 92.5 Å². The van der Waals surface area contributed by atoms with Crippen molar-refractivity contribution in [3.63, 3.8) is 0 Å². The summed E-state index contributed by atoms with van der Waals surface area (Å²) in [7, 11) is 0. The van der Waals surface area contributed by atoms with Crippen molar-refractivity contribution < 1.29 is 9.53 Å². The number of hydrazone groups is 1. The first kappa shape index (κ1) is 18.0. The average Bonchev–Trinajstić information content (AvgIpc) is 3.11. The van der Waals surface area contributed by atoms with Crippen LogP contribution in [-0.4, -0.2) is 29.3 Å². The van der Waals surface area contributed by atoms with E-state index in [2.05, 4.69) is 15.5 Å². The van der Waals surface area contributed by atoms with Crippen molar-refractivity contribution in [3.8, 4) is 5.75 Å². The first-order valence-corrected chi connectivity index (χ1v) is 9.22. The third kappa shape index (κ3) is 3.68. The smallest absolute Gasteiger partial charge is 0.257 e. The molecule has 1 amide bonds. The number of nitrogens with two attached hydrogens (primary N) is 1. The maximum atomic E-state index is 12.3. The van der Waals surface area contributed by atoms with Crippen LogP contribution in [-0.2, 0) is 11.2 Å². The fraction of sp³-hybridized carbons (Fsp3) is 0.182. The van der Waals surface area contributed by atoms with E-state index in [1.54, 1.807) is 6.21 Å². The molecule has 0 aliphatic carbocycles. The molecule has 0 spiro atoms. The highest BCUT2D eigenvalue weighted by Gasteiger charge is 2.18. The van der Waals surface area contributed by atoms with Gasteiger partial charge in [0, 0.05) is 28.2 Å². The minimum atomic E-state index is -0.689. The number of carbonyl (C=O) groups is 1. The zero-order chi connectivity index (χ0) is 19.5. The minimum absolute atomic E-state index is 0.143. The van der Waals surface area contributed by atoms with Crippen LogP contribution in [0.4, 0.5) is 0 Å². The third-order valence-corrected chi connectivity index (χ3v) is 4.85. The number of para-hydroxylation sites is 2. The summed E-state index contributed by atoms with van der Waals surface area (Å²) in [4.78, 5) is 15.5. The van der Waals surface area contributed by atoms with Crippen molar-refractivity contribution in [2.24, 2.45) is 10.8 Å². The van der Waals surface area contributed by atoms with Gasteiger partial charge in [0.05, 0.1) is 12.3 Å². The maximum Gasteiger partial charge on any atom is 0.257 e. The number of aromatic nitrogens is 1. The molecule has 0 saturated heterocycles. The number of fused-ring (bicyclic) bond motifs is 2. The molecule has 1 aliphatic rings. The van der Waals surface area contributed by atoms with E-state index in [9.17, 15) is 4.79 Å². The lowest BCUT2D eigenvalue weighted by Crippen LogP contribution is -2.40. The van der Waals surface area contributed by atoms with Crippen LogP contribution in [0.15, 0.2) is 65.4 Å². The van der Waals surface area contributed by atoms with Crippen molar-refractivity contribution in [3.05, 3.63) is 71.4 Å². The lowest BCUT2D eigenvalue weighted by molar-refractivity contribution is -0.122. The van der Waals surface area contributed by atoms with Gasteiger partial charge in [0.1, 0.15) is 11.9 Å². The second kappa shape index (κ2) is 7.70. The van der Waals surface area contributed by atoms with Gasteiger partial charge >= 0.3 is 0 Å². The van der Waals surface area contributed by atoms with Crippen LogP contribution >= 0.6 is 0 Å². The first-order valence-electron chi connectivity index (χ1n) is 9.22. The van der Waals surface area contributed by atoms with Gasteiger partial charge in [-0.3, -0.25) is 4.79 Å². The minimum Gasteiger partial charge on any atom is -0.485 e. The number of aromatic amines is 1. The summed E-state index contributed by atoms with van der Waals surface area (Å²) in [5.74, 6) is 0.517. The summed E-state index contributed by atoms with van der Waals surface area (Å²) in [6, 6.07) is 15.1. The summed E-state index contributed by atoms with van der Waals surface area (Å²) in [5, 5.41) is 5.15. The van der Waals surface area contributed by atoms with Crippen LogP contribution in [0.3, 0.4) is 0 Å². The predicted octanol–water partition coefficient (Wildman–Crippen LogP) is 3.00. The summed E-state index contributed by atoms with van der Waals surface area (Å²) in [5.41, 5.74) is 12.5. The van der Waals surface area contributed by atoms with Gasteiger partial charge in [-0.05, 0) is 37.1 Å². The molecular weight excluding hydrogens is 352 g/mol. The molecule has 0 fully saturated rings. The quantitative estimate of drug-likeness (QED) is 0.473. The molecule has 1 aliphatic heterocycles. The number of carbonyl (C=O) groups excluding carboxylic acids is 1. The van der Waals surface area contributed by atoms with Gasteiger partial charge < -0.3 is 15.5 Å². The fourth-order valence-corrected chi connectivity index (χ4v) is 3.29. The SMILES string of the molecule is CC1Oc2ccccc2C=C1C=NNC(=O)C(N)Cc1c[nH]c2ccccc12. The summed E-state index contributed by atoms with van der Waals surface area (Å²) >= 11 is 0. The number of nitrogens with one attached hydrogen (secondary N) is 2. The first-order chi connectivity index (χ1) is 13.6. The summed E-state index contributed by atoms with van der Waals surface area (Å²) in [6.45, 7) is 1.94.